The highest BCUT2D eigenvalue weighted by atomic mass is 16.5. The van der Waals surface area contributed by atoms with Crippen molar-refractivity contribution >= 4 is 0 Å². The molecule has 0 bridgehead atoms. The van der Waals surface area contributed by atoms with Crippen molar-refractivity contribution in [3.05, 3.63) is 18.2 Å². The molecule has 5 heteroatoms. The SMILES string of the molecule is Cn1ccnc1[C@H]1OCC[C@@H]1NC1CCCOC1. The molecular weight excluding hydrogens is 230 g/mol. The molecule has 2 fully saturated rings. The summed E-state index contributed by atoms with van der Waals surface area (Å²) in [6, 6.07) is 0.825. The van der Waals surface area contributed by atoms with E-state index in [1.165, 1.54) is 6.42 Å². The molecule has 100 valence electrons. The van der Waals surface area contributed by atoms with Crippen LogP contribution in [0.15, 0.2) is 12.4 Å². The highest BCUT2D eigenvalue weighted by Crippen LogP contribution is 2.28. The van der Waals surface area contributed by atoms with E-state index in [-0.39, 0.29) is 6.10 Å². The Bertz CT molecular complexity index is 387. The predicted molar refractivity (Wildman–Crippen MR) is 67.3 cm³/mol. The summed E-state index contributed by atoms with van der Waals surface area (Å²) in [5, 5.41) is 3.68. The van der Waals surface area contributed by atoms with Gasteiger partial charge in [0, 0.05) is 44.7 Å². The van der Waals surface area contributed by atoms with Crippen LogP contribution in [-0.2, 0) is 16.5 Å². The van der Waals surface area contributed by atoms with Crippen molar-refractivity contribution in [2.24, 2.45) is 7.05 Å². The average molecular weight is 251 g/mol. The van der Waals surface area contributed by atoms with Crippen LogP contribution in [0.1, 0.15) is 31.2 Å². The van der Waals surface area contributed by atoms with Crippen LogP contribution < -0.4 is 5.32 Å². The summed E-state index contributed by atoms with van der Waals surface area (Å²) in [6.07, 6.45) is 7.28. The quantitative estimate of drug-likeness (QED) is 0.871. The number of imidazole rings is 1. The summed E-state index contributed by atoms with van der Waals surface area (Å²) in [4.78, 5) is 4.41. The number of aryl methyl sites for hydroxylation is 1. The van der Waals surface area contributed by atoms with Crippen molar-refractivity contribution in [3.63, 3.8) is 0 Å². The standard InChI is InChI=1S/C13H21N3O2/c1-16-6-5-14-13(16)12-11(4-8-18-12)15-10-3-2-7-17-9-10/h5-6,10-12,15H,2-4,7-9H2,1H3/t10?,11-,12-/m0/s1. The molecular formula is C13H21N3O2. The van der Waals surface area contributed by atoms with Gasteiger partial charge in [-0.2, -0.15) is 0 Å². The molecule has 1 unspecified atom stereocenters. The van der Waals surface area contributed by atoms with E-state index in [2.05, 4.69) is 10.3 Å². The van der Waals surface area contributed by atoms with Crippen molar-refractivity contribution < 1.29 is 9.47 Å². The molecule has 1 N–H and O–H groups in total. The molecule has 3 heterocycles. The van der Waals surface area contributed by atoms with Crippen molar-refractivity contribution in [1.82, 2.24) is 14.9 Å². The smallest absolute Gasteiger partial charge is 0.139 e. The van der Waals surface area contributed by atoms with Crippen LogP contribution in [-0.4, -0.2) is 41.5 Å². The monoisotopic (exact) mass is 251 g/mol. The Morgan fingerprint density at radius 2 is 2.33 bits per heavy atom. The second-order valence-corrected chi connectivity index (χ2v) is 5.16. The van der Waals surface area contributed by atoms with Gasteiger partial charge in [0.1, 0.15) is 11.9 Å². The van der Waals surface area contributed by atoms with Gasteiger partial charge in [-0.1, -0.05) is 0 Å². The third-order valence-corrected chi connectivity index (χ3v) is 3.81. The summed E-state index contributed by atoms with van der Waals surface area (Å²) in [5.41, 5.74) is 0. The largest absolute Gasteiger partial charge is 0.380 e. The zero-order valence-electron chi connectivity index (χ0n) is 10.8. The summed E-state index contributed by atoms with van der Waals surface area (Å²) in [7, 11) is 2.02. The van der Waals surface area contributed by atoms with Gasteiger partial charge in [0.2, 0.25) is 0 Å². The van der Waals surface area contributed by atoms with Gasteiger partial charge in [0.05, 0.1) is 6.61 Å². The van der Waals surface area contributed by atoms with E-state index < -0.39 is 0 Å². The van der Waals surface area contributed by atoms with E-state index in [0.29, 0.717) is 12.1 Å². The van der Waals surface area contributed by atoms with Crippen LogP contribution in [0.2, 0.25) is 0 Å². The highest BCUT2D eigenvalue weighted by molar-refractivity contribution is 5.03. The van der Waals surface area contributed by atoms with Gasteiger partial charge < -0.3 is 19.4 Å². The Labute approximate surface area is 107 Å². The Balaban J connectivity index is 1.66. The zero-order chi connectivity index (χ0) is 12.4. The third kappa shape index (κ3) is 2.43. The van der Waals surface area contributed by atoms with E-state index in [0.717, 1.165) is 38.5 Å². The number of nitrogens with one attached hydrogen (secondary N) is 1. The number of ether oxygens (including phenoxy) is 2. The van der Waals surface area contributed by atoms with Gasteiger partial charge in [0.15, 0.2) is 0 Å². The van der Waals surface area contributed by atoms with Crippen LogP contribution in [0.5, 0.6) is 0 Å². The Morgan fingerprint density at radius 1 is 1.39 bits per heavy atom. The molecule has 5 nitrogen and oxygen atoms in total. The summed E-state index contributed by atoms with van der Waals surface area (Å²) in [6.45, 7) is 2.54. The lowest BCUT2D eigenvalue weighted by molar-refractivity contribution is 0.0517. The van der Waals surface area contributed by atoms with Gasteiger partial charge >= 0.3 is 0 Å². The number of hydrogen-bond donors (Lipinski definition) is 1. The van der Waals surface area contributed by atoms with Crippen molar-refractivity contribution in [2.75, 3.05) is 19.8 Å². The topological polar surface area (TPSA) is 48.3 Å². The lowest BCUT2D eigenvalue weighted by atomic mass is 10.1. The summed E-state index contributed by atoms with van der Waals surface area (Å²) < 4.78 is 13.4. The molecule has 0 saturated carbocycles. The Morgan fingerprint density at radius 3 is 3.06 bits per heavy atom. The van der Waals surface area contributed by atoms with Gasteiger partial charge in [0.25, 0.3) is 0 Å². The summed E-state index contributed by atoms with van der Waals surface area (Å²) in [5.74, 6) is 1.02. The van der Waals surface area contributed by atoms with E-state index in [1.54, 1.807) is 0 Å². The molecule has 1 aromatic heterocycles. The minimum Gasteiger partial charge on any atom is -0.380 e. The first-order valence-electron chi connectivity index (χ1n) is 6.77. The van der Waals surface area contributed by atoms with Gasteiger partial charge in [-0.25, -0.2) is 4.98 Å². The second-order valence-electron chi connectivity index (χ2n) is 5.16. The fourth-order valence-corrected chi connectivity index (χ4v) is 2.84. The minimum absolute atomic E-state index is 0.0759. The van der Waals surface area contributed by atoms with Crippen LogP contribution in [0.3, 0.4) is 0 Å². The van der Waals surface area contributed by atoms with E-state index in [4.69, 9.17) is 9.47 Å². The van der Waals surface area contributed by atoms with E-state index in [1.807, 2.05) is 24.0 Å². The van der Waals surface area contributed by atoms with Gasteiger partial charge in [-0.3, -0.25) is 0 Å². The third-order valence-electron chi connectivity index (χ3n) is 3.81. The number of hydrogen-bond acceptors (Lipinski definition) is 4. The second kappa shape index (κ2) is 5.38. The van der Waals surface area contributed by atoms with Gasteiger partial charge in [-0.15, -0.1) is 0 Å². The molecule has 0 spiro atoms. The first-order valence-corrected chi connectivity index (χ1v) is 6.77. The molecule has 2 aliphatic rings. The maximum atomic E-state index is 5.85. The molecule has 0 amide bonds. The molecule has 18 heavy (non-hydrogen) atoms. The van der Waals surface area contributed by atoms with Gasteiger partial charge in [-0.05, 0) is 19.3 Å². The normalized spacial score (nSPS) is 32.8. The number of nitrogens with zero attached hydrogens (tertiary/aromatic N) is 2. The van der Waals surface area contributed by atoms with Crippen LogP contribution >= 0.6 is 0 Å². The molecule has 3 atom stereocenters. The van der Waals surface area contributed by atoms with E-state index >= 15 is 0 Å². The molecule has 2 saturated heterocycles. The maximum absolute atomic E-state index is 5.85. The minimum atomic E-state index is 0.0759. The first kappa shape index (κ1) is 12.1. The average Bonchev–Trinajstić information content (AvgIpc) is 2.99. The summed E-state index contributed by atoms with van der Waals surface area (Å²) >= 11 is 0. The van der Waals surface area contributed by atoms with Crippen LogP contribution in [0.4, 0.5) is 0 Å². The zero-order valence-corrected chi connectivity index (χ0v) is 10.8. The first-order chi connectivity index (χ1) is 8.84. The molecule has 1 aromatic rings. The maximum Gasteiger partial charge on any atom is 0.139 e. The highest BCUT2D eigenvalue weighted by Gasteiger charge is 2.33. The molecule has 2 aliphatic heterocycles. The van der Waals surface area contributed by atoms with Crippen LogP contribution in [0.25, 0.3) is 0 Å². The van der Waals surface area contributed by atoms with Crippen molar-refractivity contribution in [1.29, 1.82) is 0 Å². The predicted octanol–water partition coefficient (Wildman–Crippen LogP) is 1.02. The van der Waals surface area contributed by atoms with E-state index in [9.17, 15) is 0 Å². The van der Waals surface area contributed by atoms with Crippen LogP contribution in [0, 0.1) is 0 Å². The Hall–Kier alpha value is -0.910. The molecule has 3 rings (SSSR count). The fourth-order valence-electron chi connectivity index (χ4n) is 2.84. The molecule has 0 aliphatic carbocycles. The fraction of sp³-hybridized carbons (Fsp3) is 0.769. The van der Waals surface area contributed by atoms with Crippen molar-refractivity contribution in [3.8, 4) is 0 Å². The number of aromatic nitrogens is 2. The lowest BCUT2D eigenvalue weighted by Gasteiger charge is -2.28. The Kier molecular flexibility index (Phi) is 3.63. The molecule has 0 aromatic carbocycles. The molecule has 0 radical (unpaired) electrons. The van der Waals surface area contributed by atoms with Crippen molar-refractivity contribution in [2.45, 2.75) is 37.5 Å². The number of rotatable bonds is 3. The lowest BCUT2D eigenvalue weighted by Crippen LogP contribution is -2.44.